The van der Waals surface area contributed by atoms with Crippen molar-refractivity contribution in [2.75, 3.05) is 0 Å². The summed E-state index contributed by atoms with van der Waals surface area (Å²) in [5.41, 5.74) is 0. The number of aliphatic hydroxyl groups is 1. The van der Waals surface area contributed by atoms with Crippen molar-refractivity contribution in [2.45, 2.75) is 77.2 Å². The van der Waals surface area contributed by atoms with Crippen LogP contribution in [0, 0.1) is 17.8 Å². The van der Waals surface area contributed by atoms with Crippen LogP contribution < -0.4 is 0 Å². The van der Waals surface area contributed by atoms with Gasteiger partial charge in [-0.15, -0.1) is 0 Å². The lowest BCUT2D eigenvalue weighted by Crippen LogP contribution is -2.33. The summed E-state index contributed by atoms with van der Waals surface area (Å²) in [6.07, 6.45) is 13.5. The molecule has 4 unspecified atom stereocenters. The molecule has 0 amide bonds. The van der Waals surface area contributed by atoms with E-state index in [1.165, 1.54) is 51.4 Å². The predicted octanol–water partition coefficient (Wildman–Crippen LogP) is 4.14. The van der Waals surface area contributed by atoms with Crippen molar-refractivity contribution in [1.29, 1.82) is 0 Å². The minimum absolute atomic E-state index is 0.0258. The molecule has 2 aliphatic carbocycles. The summed E-state index contributed by atoms with van der Waals surface area (Å²) in [6.45, 7) is 2.29. The lowest BCUT2D eigenvalue weighted by atomic mass is 9.66. The Bertz CT molecular complexity index is 202. The Balaban J connectivity index is 1.73. The molecule has 0 heterocycles. The largest absolute Gasteiger partial charge is 0.393 e. The molecule has 1 nitrogen and oxygen atoms in total. The Morgan fingerprint density at radius 1 is 0.938 bits per heavy atom. The van der Waals surface area contributed by atoms with E-state index in [1.54, 1.807) is 0 Å². The van der Waals surface area contributed by atoms with Crippen molar-refractivity contribution in [3.8, 4) is 0 Å². The highest BCUT2D eigenvalue weighted by atomic mass is 16.3. The van der Waals surface area contributed by atoms with Crippen molar-refractivity contribution in [1.82, 2.24) is 0 Å². The van der Waals surface area contributed by atoms with Crippen LogP contribution in [0.5, 0.6) is 0 Å². The maximum Gasteiger partial charge on any atom is 0.0543 e. The summed E-state index contributed by atoms with van der Waals surface area (Å²) in [4.78, 5) is 0. The second-order valence-electron chi connectivity index (χ2n) is 6.16. The summed E-state index contributed by atoms with van der Waals surface area (Å²) in [7, 11) is 0. The van der Waals surface area contributed by atoms with Crippen molar-refractivity contribution < 1.29 is 5.11 Å². The predicted molar refractivity (Wildman–Crippen MR) is 68.3 cm³/mol. The van der Waals surface area contributed by atoms with Crippen LogP contribution in [0.2, 0.25) is 0 Å². The number of hydrogen-bond donors (Lipinski definition) is 1. The van der Waals surface area contributed by atoms with Gasteiger partial charge in [-0.2, -0.15) is 0 Å². The van der Waals surface area contributed by atoms with Gasteiger partial charge >= 0.3 is 0 Å². The molecule has 0 aromatic carbocycles. The fourth-order valence-corrected chi connectivity index (χ4v) is 3.91. The van der Waals surface area contributed by atoms with E-state index in [2.05, 4.69) is 6.92 Å². The number of rotatable bonds is 4. The van der Waals surface area contributed by atoms with E-state index in [9.17, 15) is 5.11 Å². The summed E-state index contributed by atoms with van der Waals surface area (Å²) < 4.78 is 0. The van der Waals surface area contributed by atoms with Crippen molar-refractivity contribution >= 4 is 0 Å². The smallest absolute Gasteiger partial charge is 0.0543 e. The molecule has 2 saturated carbocycles. The van der Waals surface area contributed by atoms with Gasteiger partial charge in [-0.1, -0.05) is 39.0 Å². The zero-order valence-corrected chi connectivity index (χ0v) is 10.8. The number of unbranched alkanes of at least 4 members (excludes halogenated alkanes) is 2. The molecule has 1 N–H and O–H groups in total. The third kappa shape index (κ3) is 3.23. The lowest BCUT2D eigenvalue weighted by Gasteiger charge is -2.41. The van der Waals surface area contributed by atoms with Crippen molar-refractivity contribution in [3.05, 3.63) is 0 Å². The Kier molecular flexibility index (Phi) is 4.69. The molecule has 4 atom stereocenters. The fraction of sp³-hybridized carbons (Fsp3) is 1.00. The molecule has 16 heavy (non-hydrogen) atoms. The summed E-state index contributed by atoms with van der Waals surface area (Å²) in [5, 5.41) is 9.69. The number of hydrogen-bond acceptors (Lipinski definition) is 1. The van der Waals surface area contributed by atoms with Gasteiger partial charge in [0.25, 0.3) is 0 Å². The van der Waals surface area contributed by atoms with Gasteiger partial charge in [-0.25, -0.2) is 0 Å². The van der Waals surface area contributed by atoms with E-state index >= 15 is 0 Å². The summed E-state index contributed by atoms with van der Waals surface area (Å²) in [5.74, 6) is 2.85. The molecule has 2 rings (SSSR count). The molecule has 0 radical (unpaired) electrons. The molecule has 0 saturated heterocycles. The lowest BCUT2D eigenvalue weighted by molar-refractivity contribution is 0.0337. The average Bonchev–Trinajstić information content (AvgIpc) is 2.29. The maximum absolute atomic E-state index is 9.69. The molecule has 2 aliphatic rings. The first-order valence-corrected chi connectivity index (χ1v) is 7.47. The second kappa shape index (κ2) is 6.05. The highest BCUT2D eigenvalue weighted by Gasteiger charge is 2.34. The van der Waals surface area contributed by atoms with Gasteiger partial charge in [-0.05, 0) is 49.9 Å². The highest BCUT2D eigenvalue weighted by molar-refractivity contribution is 4.85. The number of fused-ring (bicyclic) bond motifs is 1. The molecule has 0 aromatic rings. The van der Waals surface area contributed by atoms with E-state index in [0.29, 0.717) is 0 Å². The zero-order valence-electron chi connectivity index (χ0n) is 10.8. The van der Waals surface area contributed by atoms with Crippen LogP contribution in [-0.2, 0) is 0 Å². The van der Waals surface area contributed by atoms with Crippen LogP contribution in [-0.4, -0.2) is 11.2 Å². The molecular weight excluding hydrogens is 196 g/mol. The first-order valence-electron chi connectivity index (χ1n) is 7.47. The van der Waals surface area contributed by atoms with Gasteiger partial charge in [0.1, 0.15) is 0 Å². The molecular formula is C15H28O. The Labute approximate surface area is 101 Å². The summed E-state index contributed by atoms with van der Waals surface area (Å²) >= 11 is 0. The van der Waals surface area contributed by atoms with E-state index < -0.39 is 0 Å². The van der Waals surface area contributed by atoms with Crippen LogP contribution in [0.4, 0.5) is 0 Å². The van der Waals surface area contributed by atoms with E-state index in [4.69, 9.17) is 0 Å². The third-order valence-corrected chi connectivity index (χ3v) is 4.91. The minimum atomic E-state index is 0.0258. The monoisotopic (exact) mass is 224 g/mol. The van der Waals surface area contributed by atoms with Gasteiger partial charge in [0, 0.05) is 0 Å². The minimum Gasteiger partial charge on any atom is -0.393 e. The third-order valence-electron chi connectivity index (χ3n) is 4.91. The Morgan fingerprint density at radius 2 is 1.69 bits per heavy atom. The molecule has 0 bridgehead atoms. The average molecular weight is 224 g/mol. The fourth-order valence-electron chi connectivity index (χ4n) is 3.91. The topological polar surface area (TPSA) is 20.2 Å². The molecule has 2 fully saturated rings. The van der Waals surface area contributed by atoms with E-state index in [0.717, 1.165) is 30.6 Å². The first-order chi connectivity index (χ1) is 7.79. The van der Waals surface area contributed by atoms with Crippen molar-refractivity contribution in [3.63, 3.8) is 0 Å². The van der Waals surface area contributed by atoms with Gasteiger partial charge in [-0.3, -0.25) is 0 Å². The molecule has 1 heteroatoms. The quantitative estimate of drug-likeness (QED) is 0.711. The van der Waals surface area contributed by atoms with Crippen LogP contribution >= 0.6 is 0 Å². The van der Waals surface area contributed by atoms with Crippen LogP contribution in [0.1, 0.15) is 71.1 Å². The Morgan fingerprint density at radius 3 is 2.50 bits per heavy atom. The molecule has 0 aromatic heterocycles. The van der Waals surface area contributed by atoms with Crippen LogP contribution in [0.25, 0.3) is 0 Å². The molecule has 0 spiro atoms. The summed E-state index contributed by atoms with van der Waals surface area (Å²) in [6, 6.07) is 0. The number of aliphatic hydroxyl groups excluding tert-OH is 1. The normalized spacial score (nSPS) is 39.4. The second-order valence-corrected chi connectivity index (χ2v) is 6.16. The van der Waals surface area contributed by atoms with Gasteiger partial charge in [0.05, 0.1) is 6.10 Å². The highest BCUT2D eigenvalue weighted by Crippen LogP contribution is 2.43. The van der Waals surface area contributed by atoms with Crippen LogP contribution in [0.3, 0.4) is 0 Å². The van der Waals surface area contributed by atoms with E-state index in [-0.39, 0.29) is 6.10 Å². The van der Waals surface area contributed by atoms with Gasteiger partial charge in [0.2, 0.25) is 0 Å². The van der Waals surface area contributed by atoms with Crippen LogP contribution in [0.15, 0.2) is 0 Å². The van der Waals surface area contributed by atoms with Crippen molar-refractivity contribution in [2.24, 2.45) is 17.8 Å². The molecule has 94 valence electrons. The van der Waals surface area contributed by atoms with E-state index in [1.807, 2.05) is 0 Å². The Hall–Kier alpha value is -0.0400. The standard InChI is InChI=1S/C15H28O/c1-2-3-4-5-12-6-7-14-11-15(16)9-8-13(14)10-12/h12-16H,2-11H2,1H3. The maximum atomic E-state index is 9.69. The SMILES string of the molecule is CCCCCC1CCC2CC(O)CCC2C1. The zero-order chi connectivity index (χ0) is 11.4. The van der Waals surface area contributed by atoms with Gasteiger partial charge in [0.15, 0.2) is 0 Å². The molecule has 0 aliphatic heterocycles. The van der Waals surface area contributed by atoms with Gasteiger partial charge < -0.3 is 5.11 Å². The first kappa shape index (κ1) is 12.4.